The van der Waals surface area contributed by atoms with Crippen LogP contribution in [0.1, 0.15) is 11.8 Å². The Morgan fingerprint density at radius 3 is 2.50 bits per heavy atom. The second-order valence-corrected chi connectivity index (χ2v) is 3.06. The summed E-state index contributed by atoms with van der Waals surface area (Å²) in [5.41, 5.74) is 4.55. The lowest BCUT2D eigenvalue weighted by Gasteiger charge is -2.13. The molecule has 0 amide bonds. The van der Waals surface area contributed by atoms with Gasteiger partial charge in [0.15, 0.2) is 0 Å². The maximum atomic E-state index is 11.4. The number of aromatic nitrogens is 2. The number of nitrogens with zero attached hydrogens (tertiary/aromatic N) is 2. The summed E-state index contributed by atoms with van der Waals surface area (Å²) in [5, 5.41) is 9.42. The first-order valence-corrected chi connectivity index (χ1v) is 4.14. The molecular formula is C8H13N3O3. The van der Waals surface area contributed by atoms with E-state index >= 15 is 0 Å². The molecule has 1 aromatic rings. The molecule has 0 fully saturated rings. The third-order valence-electron chi connectivity index (χ3n) is 2.13. The van der Waals surface area contributed by atoms with Crippen molar-refractivity contribution in [1.29, 1.82) is 0 Å². The Morgan fingerprint density at radius 2 is 2.00 bits per heavy atom. The number of hydrogen-bond donors (Lipinski definition) is 2. The lowest BCUT2D eigenvalue weighted by atomic mass is 10.2. The third-order valence-corrected chi connectivity index (χ3v) is 2.13. The first kappa shape index (κ1) is 10.7. The van der Waals surface area contributed by atoms with Gasteiger partial charge in [0.2, 0.25) is 0 Å². The molecular weight excluding hydrogens is 186 g/mol. The van der Waals surface area contributed by atoms with Crippen LogP contribution in [0.5, 0.6) is 0 Å². The van der Waals surface area contributed by atoms with Crippen LogP contribution in [-0.2, 0) is 14.1 Å². The SMILES string of the molecule is Cn1c(C(O)CN)cc(=O)n(C)c1=O. The van der Waals surface area contributed by atoms with Crippen molar-refractivity contribution in [1.82, 2.24) is 9.13 Å². The predicted octanol–water partition coefficient (Wildman–Crippen LogP) is -1.92. The van der Waals surface area contributed by atoms with E-state index < -0.39 is 17.4 Å². The molecule has 0 saturated heterocycles. The molecule has 0 spiro atoms. The van der Waals surface area contributed by atoms with Crippen molar-refractivity contribution < 1.29 is 5.11 Å². The van der Waals surface area contributed by atoms with Gasteiger partial charge in [-0.05, 0) is 0 Å². The van der Waals surface area contributed by atoms with E-state index in [-0.39, 0.29) is 12.2 Å². The van der Waals surface area contributed by atoms with Gasteiger partial charge in [0.1, 0.15) is 6.10 Å². The van der Waals surface area contributed by atoms with Gasteiger partial charge in [0.05, 0.1) is 5.69 Å². The Bertz CT molecular complexity index is 446. The van der Waals surface area contributed by atoms with Crippen molar-refractivity contribution >= 4 is 0 Å². The van der Waals surface area contributed by atoms with Crippen molar-refractivity contribution in [3.63, 3.8) is 0 Å². The van der Waals surface area contributed by atoms with Crippen LogP contribution in [0.2, 0.25) is 0 Å². The first-order valence-electron chi connectivity index (χ1n) is 4.14. The van der Waals surface area contributed by atoms with E-state index in [1.165, 1.54) is 24.7 Å². The molecule has 1 atom stereocenters. The Morgan fingerprint density at radius 1 is 1.43 bits per heavy atom. The summed E-state index contributed by atoms with van der Waals surface area (Å²) < 4.78 is 2.17. The first-order chi connectivity index (χ1) is 6.49. The van der Waals surface area contributed by atoms with Crippen molar-refractivity contribution in [3.05, 3.63) is 32.6 Å². The molecule has 3 N–H and O–H groups in total. The van der Waals surface area contributed by atoms with Crippen LogP contribution >= 0.6 is 0 Å². The highest BCUT2D eigenvalue weighted by atomic mass is 16.3. The van der Waals surface area contributed by atoms with Gasteiger partial charge in [-0.1, -0.05) is 0 Å². The second kappa shape index (κ2) is 3.77. The predicted molar refractivity (Wildman–Crippen MR) is 50.9 cm³/mol. The number of nitrogens with two attached hydrogens (primary N) is 1. The average Bonchev–Trinajstić information content (AvgIpc) is 2.19. The number of aliphatic hydroxyl groups is 1. The van der Waals surface area contributed by atoms with Gasteiger partial charge < -0.3 is 10.8 Å². The summed E-state index contributed by atoms with van der Waals surface area (Å²) in [6.45, 7) is -0.0273. The van der Waals surface area contributed by atoms with E-state index in [1.54, 1.807) is 0 Å². The highest BCUT2D eigenvalue weighted by Crippen LogP contribution is 2.04. The van der Waals surface area contributed by atoms with Crippen molar-refractivity contribution in [2.45, 2.75) is 6.10 Å². The van der Waals surface area contributed by atoms with Gasteiger partial charge in [0, 0.05) is 26.7 Å². The Hall–Kier alpha value is -1.40. The Balaban J connectivity index is 3.49. The minimum atomic E-state index is -0.985. The van der Waals surface area contributed by atoms with Crippen LogP contribution < -0.4 is 17.0 Å². The molecule has 0 radical (unpaired) electrons. The van der Waals surface area contributed by atoms with Gasteiger partial charge in [-0.2, -0.15) is 0 Å². The molecule has 6 heteroatoms. The van der Waals surface area contributed by atoms with Crippen LogP contribution in [0.15, 0.2) is 15.7 Å². The summed E-state index contributed by atoms with van der Waals surface area (Å²) in [6.07, 6.45) is -0.985. The van der Waals surface area contributed by atoms with E-state index in [1.807, 2.05) is 0 Å². The maximum absolute atomic E-state index is 11.4. The van der Waals surface area contributed by atoms with Gasteiger partial charge in [0.25, 0.3) is 5.56 Å². The largest absolute Gasteiger partial charge is 0.386 e. The molecule has 14 heavy (non-hydrogen) atoms. The second-order valence-electron chi connectivity index (χ2n) is 3.06. The number of aliphatic hydroxyl groups excluding tert-OH is 1. The fraction of sp³-hybridized carbons (Fsp3) is 0.500. The van der Waals surface area contributed by atoms with Gasteiger partial charge in [-0.25, -0.2) is 4.79 Å². The van der Waals surface area contributed by atoms with Crippen LogP contribution in [0.4, 0.5) is 0 Å². The normalized spacial score (nSPS) is 12.9. The van der Waals surface area contributed by atoms with Crippen LogP contribution in [0.25, 0.3) is 0 Å². The van der Waals surface area contributed by atoms with E-state index in [9.17, 15) is 14.7 Å². The molecule has 0 saturated carbocycles. The number of hydrogen-bond acceptors (Lipinski definition) is 4. The van der Waals surface area contributed by atoms with E-state index in [2.05, 4.69) is 0 Å². The topological polar surface area (TPSA) is 90.2 Å². The highest BCUT2D eigenvalue weighted by molar-refractivity contribution is 5.05. The fourth-order valence-electron chi connectivity index (χ4n) is 1.19. The van der Waals surface area contributed by atoms with Crippen LogP contribution in [0, 0.1) is 0 Å². The molecule has 0 aliphatic rings. The van der Waals surface area contributed by atoms with Gasteiger partial charge in [-0.15, -0.1) is 0 Å². The molecule has 78 valence electrons. The highest BCUT2D eigenvalue weighted by Gasteiger charge is 2.12. The molecule has 1 aromatic heterocycles. The monoisotopic (exact) mass is 199 g/mol. The van der Waals surface area contributed by atoms with Gasteiger partial charge >= 0.3 is 5.69 Å². The molecule has 1 heterocycles. The van der Waals surface area contributed by atoms with E-state index in [4.69, 9.17) is 5.73 Å². The Kier molecular flexibility index (Phi) is 2.87. The van der Waals surface area contributed by atoms with Crippen LogP contribution in [-0.4, -0.2) is 20.8 Å². The molecule has 6 nitrogen and oxygen atoms in total. The minimum Gasteiger partial charge on any atom is -0.386 e. The lowest BCUT2D eigenvalue weighted by Crippen LogP contribution is -2.39. The average molecular weight is 199 g/mol. The van der Waals surface area contributed by atoms with Crippen LogP contribution in [0.3, 0.4) is 0 Å². The summed E-state index contributed by atoms with van der Waals surface area (Å²) in [6, 6.07) is 1.21. The van der Waals surface area contributed by atoms with Gasteiger partial charge in [-0.3, -0.25) is 13.9 Å². The zero-order valence-electron chi connectivity index (χ0n) is 8.10. The minimum absolute atomic E-state index is 0.0273. The standard InChI is InChI=1S/C8H13N3O3/c1-10-5(6(12)4-9)3-7(13)11(2)8(10)14/h3,6,12H,4,9H2,1-2H3. The molecule has 0 bridgehead atoms. The summed E-state index contributed by atoms with van der Waals surface area (Å²) >= 11 is 0. The van der Waals surface area contributed by atoms with Crippen molar-refractivity contribution in [2.75, 3.05) is 6.54 Å². The molecule has 0 aromatic carbocycles. The lowest BCUT2D eigenvalue weighted by molar-refractivity contribution is 0.176. The third kappa shape index (κ3) is 1.61. The smallest absolute Gasteiger partial charge is 0.330 e. The molecule has 1 rings (SSSR count). The molecule has 0 aliphatic heterocycles. The van der Waals surface area contributed by atoms with E-state index in [0.717, 1.165) is 4.57 Å². The zero-order valence-corrected chi connectivity index (χ0v) is 8.10. The fourth-order valence-corrected chi connectivity index (χ4v) is 1.19. The maximum Gasteiger partial charge on any atom is 0.330 e. The quantitative estimate of drug-likeness (QED) is 0.580. The van der Waals surface area contributed by atoms with Crippen molar-refractivity contribution in [3.8, 4) is 0 Å². The van der Waals surface area contributed by atoms with E-state index in [0.29, 0.717) is 0 Å². The summed E-state index contributed by atoms with van der Waals surface area (Å²) in [4.78, 5) is 22.6. The van der Waals surface area contributed by atoms with Crippen molar-refractivity contribution in [2.24, 2.45) is 19.8 Å². The summed E-state index contributed by atoms with van der Waals surface area (Å²) in [5.74, 6) is 0. The number of rotatable bonds is 2. The summed E-state index contributed by atoms with van der Waals surface area (Å²) in [7, 11) is 2.86. The Labute approximate surface area is 80.2 Å². The zero-order chi connectivity index (χ0) is 10.9. The molecule has 0 aliphatic carbocycles. The molecule has 1 unspecified atom stereocenters.